The predicted octanol–water partition coefficient (Wildman–Crippen LogP) is 3.79. The van der Waals surface area contributed by atoms with E-state index < -0.39 is 28.7 Å². The molecule has 2 unspecified atom stereocenters. The fraction of sp³-hybridized carbons (Fsp3) is 0.867. The van der Waals surface area contributed by atoms with E-state index in [0.29, 0.717) is 12.8 Å². The molecule has 0 saturated carbocycles. The minimum absolute atomic E-state index is 0.211. The van der Waals surface area contributed by atoms with Crippen molar-refractivity contribution in [2.45, 2.75) is 66.7 Å². The third-order valence-corrected chi connectivity index (χ3v) is 4.10. The first-order chi connectivity index (χ1) is 8.62. The molecule has 0 spiro atoms. The maximum atomic E-state index is 11.8. The molecule has 0 amide bonds. The van der Waals surface area contributed by atoms with Gasteiger partial charge in [-0.1, -0.05) is 47.5 Å². The zero-order valence-corrected chi connectivity index (χ0v) is 12.8. The summed E-state index contributed by atoms with van der Waals surface area (Å²) >= 11 is 0. The van der Waals surface area contributed by atoms with E-state index in [1.54, 1.807) is 0 Å². The highest BCUT2D eigenvalue weighted by atomic mass is 16.4. The first-order valence-corrected chi connectivity index (χ1v) is 7.08. The van der Waals surface area contributed by atoms with Crippen LogP contribution in [0, 0.1) is 16.7 Å². The van der Waals surface area contributed by atoms with Crippen LogP contribution in [0.4, 0.5) is 0 Å². The van der Waals surface area contributed by atoms with Gasteiger partial charge < -0.3 is 10.2 Å². The second-order valence-electron chi connectivity index (χ2n) is 6.42. The third kappa shape index (κ3) is 4.22. The first kappa shape index (κ1) is 17.9. The normalized spacial score (nSPS) is 16.7. The van der Waals surface area contributed by atoms with E-state index >= 15 is 0 Å². The molecule has 0 heterocycles. The monoisotopic (exact) mass is 272 g/mol. The third-order valence-electron chi connectivity index (χ3n) is 4.10. The molecule has 0 aromatic heterocycles. The van der Waals surface area contributed by atoms with Crippen LogP contribution in [-0.4, -0.2) is 22.2 Å². The zero-order chi connectivity index (χ0) is 15.3. The summed E-state index contributed by atoms with van der Waals surface area (Å²) in [7, 11) is 0. The highest BCUT2D eigenvalue weighted by molar-refractivity contribution is 5.77. The quantitative estimate of drug-likeness (QED) is 0.705. The van der Waals surface area contributed by atoms with Crippen LogP contribution in [0.5, 0.6) is 0 Å². The van der Waals surface area contributed by atoms with Gasteiger partial charge in [0.25, 0.3) is 0 Å². The van der Waals surface area contributed by atoms with E-state index in [0.717, 1.165) is 12.8 Å². The minimum atomic E-state index is -0.972. The number of carboxylic acids is 2. The topological polar surface area (TPSA) is 74.6 Å². The van der Waals surface area contributed by atoms with E-state index in [2.05, 4.69) is 0 Å². The molecule has 0 saturated heterocycles. The fourth-order valence-electron chi connectivity index (χ4n) is 2.81. The molecular formula is C15H28O4. The summed E-state index contributed by atoms with van der Waals surface area (Å²) in [6.45, 7) is 9.54. The number of aliphatic carboxylic acids is 2. The van der Waals surface area contributed by atoms with E-state index in [4.69, 9.17) is 0 Å². The first-order valence-electron chi connectivity index (χ1n) is 7.08. The van der Waals surface area contributed by atoms with E-state index in [9.17, 15) is 19.8 Å². The van der Waals surface area contributed by atoms with Gasteiger partial charge in [0.15, 0.2) is 0 Å². The summed E-state index contributed by atoms with van der Waals surface area (Å²) in [6.07, 6.45) is 2.75. The lowest BCUT2D eigenvalue weighted by atomic mass is 9.60. The van der Waals surface area contributed by atoms with Crippen molar-refractivity contribution < 1.29 is 19.8 Å². The highest BCUT2D eigenvalue weighted by Gasteiger charge is 2.49. The number of hydrogen-bond acceptors (Lipinski definition) is 2. The van der Waals surface area contributed by atoms with Gasteiger partial charge in [-0.2, -0.15) is 0 Å². The Morgan fingerprint density at radius 1 is 1.05 bits per heavy atom. The lowest BCUT2D eigenvalue weighted by Crippen LogP contribution is -2.45. The molecule has 0 aromatic rings. The van der Waals surface area contributed by atoms with Crippen molar-refractivity contribution in [1.82, 2.24) is 0 Å². The molecule has 19 heavy (non-hydrogen) atoms. The number of rotatable bonds is 8. The zero-order valence-electron chi connectivity index (χ0n) is 12.8. The molecule has 0 rings (SSSR count). The van der Waals surface area contributed by atoms with Crippen molar-refractivity contribution in [2.75, 3.05) is 0 Å². The Bertz CT molecular complexity index is 317. The standard InChI is InChI=1S/C15H28O4/c1-6-8-11(12(16)17)10-15(9-7-2,13(18)19)14(3,4)5/h11H,6-10H2,1-5H3,(H,16,17)(H,18,19). The van der Waals surface area contributed by atoms with Gasteiger partial charge in [0.1, 0.15) is 0 Å². The SMILES string of the molecule is CCCC(CC(CCC)(C(=O)O)C(C)(C)C)C(=O)O. The molecule has 2 atom stereocenters. The Hall–Kier alpha value is -1.06. The molecule has 2 N–H and O–H groups in total. The van der Waals surface area contributed by atoms with Gasteiger partial charge >= 0.3 is 11.9 Å². The van der Waals surface area contributed by atoms with Crippen molar-refractivity contribution >= 4 is 11.9 Å². The van der Waals surface area contributed by atoms with Crippen molar-refractivity contribution in [2.24, 2.45) is 16.7 Å². The maximum Gasteiger partial charge on any atom is 0.310 e. The number of hydrogen-bond donors (Lipinski definition) is 2. The lowest BCUT2D eigenvalue weighted by Gasteiger charge is -2.42. The summed E-state index contributed by atoms with van der Waals surface area (Å²) in [5.41, 5.74) is -1.43. The van der Waals surface area contributed by atoms with Crippen LogP contribution in [0.15, 0.2) is 0 Å². The summed E-state index contributed by atoms with van der Waals surface area (Å²) in [5.74, 6) is -2.33. The Morgan fingerprint density at radius 2 is 1.58 bits per heavy atom. The van der Waals surface area contributed by atoms with Crippen molar-refractivity contribution in [3.05, 3.63) is 0 Å². The van der Waals surface area contributed by atoms with Gasteiger partial charge in [-0.15, -0.1) is 0 Å². The van der Waals surface area contributed by atoms with E-state index in [1.807, 2.05) is 34.6 Å². The van der Waals surface area contributed by atoms with Crippen LogP contribution in [0.25, 0.3) is 0 Å². The molecule has 112 valence electrons. The summed E-state index contributed by atoms with van der Waals surface area (Å²) in [6, 6.07) is 0. The molecule has 4 nitrogen and oxygen atoms in total. The van der Waals surface area contributed by atoms with Gasteiger partial charge in [-0.25, -0.2) is 0 Å². The van der Waals surface area contributed by atoms with Crippen molar-refractivity contribution in [3.8, 4) is 0 Å². The average Bonchev–Trinajstić information content (AvgIpc) is 2.25. The Labute approximate surface area is 116 Å². The molecule has 0 aliphatic carbocycles. The van der Waals surface area contributed by atoms with Crippen LogP contribution in [0.1, 0.15) is 66.7 Å². The van der Waals surface area contributed by atoms with Crippen molar-refractivity contribution in [1.29, 1.82) is 0 Å². The Kier molecular flexibility index (Phi) is 6.53. The van der Waals surface area contributed by atoms with Crippen LogP contribution in [0.3, 0.4) is 0 Å². The van der Waals surface area contributed by atoms with Gasteiger partial charge in [0, 0.05) is 0 Å². The highest BCUT2D eigenvalue weighted by Crippen LogP contribution is 2.48. The van der Waals surface area contributed by atoms with Crippen LogP contribution in [0.2, 0.25) is 0 Å². The Morgan fingerprint density at radius 3 is 1.84 bits per heavy atom. The summed E-state index contributed by atoms with van der Waals surface area (Å²) in [5, 5.41) is 19.0. The fourth-order valence-corrected chi connectivity index (χ4v) is 2.81. The molecule has 0 aliphatic rings. The smallest absolute Gasteiger partial charge is 0.310 e. The Balaban J connectivity index is 5.45. The van der Waals surface area contributed by atoms with Gasteiger partial charge in [-0.3, -0.25) is 9.59 Å². The summed E-state index contributed by atoms with van der Waals surface area (Å²) < 4.78 is 0. The predicted molar refractivity (Wildman–Crippen MR) is 75.1 cm³/mol. The molecule has 0 bridgehead atoms. The molecule has 0 aromatic carbocycles. The number of carboxylic acid groups (broad SMARTS) is 2. The molecule has 4 heteroatoms. The van der Waals surface area contributed by atoms with Gasteiger partial charge in [0.05, 0.1) is 11.3 Å². The van der Waals surface area contributed by atoms with Crippen LogP contribution in [-0.2, 0) is 9.59 Å². The summed E-state index contributed by atoms with van der Waals surface area (Å²) in [4.78, 5) is 23.2. The van der Waals surface area contributed by atoms with Gasteiger partial charge in [0.2, 0.25) is 0 Å². The largest absolute Gasteiger partial charge is 0.481 e. The van der Waals surface area contributed by atoms with E-state index in [-0.39, 0.29) is 6.42 Å². The van der Waals surface area contributed by atoms with Crippen LogP contribution < -0.4 is 0 Å². The molecule has 0 aliphatic heterocycles. The van der Waals surface area contributed by atoms with Crippen molar-refractivity contribution in [3.63, 3.8) is 0 Å². The second kappa shape index (κ2) is 6.92. The molecular weight excluding hydrogens is 244 g/mol. The van der Waals surface area contributed by atoms with Crippen LogP contribution >= 0.6 is 0 Å². The lowest BCUT2D eigenvalue weighted by molar-refractivity contribution is -0.161. The number of carbonyl (C=O) groups is 2. The van der Waals surface area contributed by atoms with Gasteiger partial charge in [-0.05, 0) is 24.7 Å². The molecule has 0 radical (unpaired) electrons. The molecule has 0 fully saturated rings. The second-order valence-corrected chi connectivity index (χ2v) is 6.42. The minimum Gasteiger partial charge on any atom is -0.481 e. The maximum absolute atomic E-state index is 11.8. The average molecular weight is 272 g/mol. The van der Waals surface area contributed by atoms with E-state index in [1.165, 1.54) is 0 Å².